The Balaban J connectivity index is 1.86. The highest BCUT2D eigenvalue weighted by atomic mass is 19.4. The lowest BCUT2D eigenvalue weighted by Gasteiger charge is -2.15. The normalized spacial score (nSPS) is 11.6. The van der Waals surface area contributed by atoms with E-state index in [2.05, 4.69) is 15.3 Å². The number of fused-ring (bicyclic) bond motifs is 1. The number of hydroxylamine groups is 2. The van der Waals surface area contributed by atoms with Crippen LogP contribution in [-0.2, 0) is 22.2 Å². The first-order valence-corrected chi connectivity index (χ1v) is 8.50. The Morgan fingerprint density at radius 3 is 2.68 bits per heavy atom. The second-order valence-electron chi connectivity index (χ2n) is 6.22. The fraction of sp³-hybridized carbons (Fsp3) is 0.263. The first-order valence-electron chi connectivity index (χ1n) is 8.50. The van der Waals surface area contributed by atoms with Gasteiger partial charge in [-0.25, -0.2) is 10.0 Å². The van der Waals surface area contributed by atoms with E-state index in [1.807, 2.05) is 18.2 Å². The van der Waals surface area contributed by atoms with Crippen molar-refractivity contribution >= 4 is 28.6 Å². The number of para-hydroxylation sites is 2. The molecule has 0 saturated heterocycles. The van der Waals surface area contributed by atoms with Gasteiger partial charge in [0.2, 0.25) is 11.9 Å². The van der Waals surface area contributed by atoms with E-state index in [1.54, 1.807) is 12.1 Å². The molecule has 0 radical (unpaired) electrons. The molecule has 3 aromatic rings. The fourth-order valence-electron chi connectivity index (χ4n) is 2.73. The van der Waals surface area contributed by atoms with E-state index in [9.17, 15) is 18.0 Å². The molecule has 0 atom stereocenters. The topological polar surface area (TPSA) is 70.2 Å². The van der Waals surface area contributed by atoms with Crippen molar-refractivity contribution < 1.29 is 22.8 Å². The number of H-pyrrole nitrogens is 1. The summed E-state index contributed by atoms with van der Waals surface area (Å²) in [5, 5.41) is 3.92. The van der Waals surface area contributed by atoms with Gasteiger partial charge in [0.25, 0.3) is 0 Å². The Labute approximate surface area is 159 Å². The summed E-state index contributed by atoms with van der Waals surface area (Å²) in [5.74, 6) is 0.00775. The maximum absolute atomic E-state index is 13.3. The van der Waals surface area contributed by atoms with Gasteiger partial charge in [-0.2, -0.15) is 13.2 Å². The minimum Gasteiger partial charge on any atom is -0.326 e. The highest BCUT2D eigenvalue weighted by Crippen LogP contribution is 2.33. The number of hydrogen-bond donors (Lipinski definition) is 2. The minimum absolute atomic E-state index is 0.0235. The summed E-state index contributed by atoms with van der Waals surface area (Å²) in [4.78, 5) is 24.0. The number of imidazole rings is 1. The summed E-state index contributed by atoms with van der Waals surface area (Å²) in [6, 6.07) is 10.9. The van der Waals surface area contributed by atoms with Gasteiger partial charge in [0.1, 0.15) is 0 Å². The number of benzene rings is 2. The first kappa shape index (κ1) is 19.7. The van der Waals surface area contributed by atoms with E-state index in [0.29, 0.717) is 17.0 Å². The molecule has 0 saturated carbocycles. The molecule has 2 aromatic carbocycles. The molecule has 0 aliphatic heterocycles. The predicted octanol–water partition coefficient (Wildman–Crippen LogP) is 4.28. The smallest absolute Gasteiger partial charge is 0.326 e. The molecule has 1 heterocycles. The van der Waals surface area contributed by atoms with E-state index in [4.69, 9.17) is 4.84 Å². The van der Waals surface area contributed by atoms with Crippen LogP contribution in [-0.4, -0.2) is 35.1 Å². The van der Waals surface area contributed by atoms with Crippen LogP contribution in [0.4, 0.5) is 24.8 Å². The van der Waals surface area contributed by atoms with E-state index >= 15 is 0 Å². The Hall–Kier alpha value is -3.07. The van der Waals surface area contributed by atoms with Crippen LogP contribution in [0.5, 0.6) is 0 Å². The molecule has 2 N–H and O–H groups in total. The van der Waals surface area contributed by atoms with Crippen LogP contribution in [0.15, 0.2) is 42.5 Å². The fourth-order valence-corrected chi connectivity index (χ4v) is 2.73. The van der Waals surface area contributed by atoms with Gasteiger partial charge in [0, 0.05) is 19.2 Å². The molecule has 0 aliphatic rings. The molecule has 0 aliphatic carbocycles. The van der Waals surface area contributed by atoms with Gasteiger partial charge in [0.05, 0.1) is 23.7 Å². The minimum atomic E-state index is -4.51. The molecule has 1 aromatic heterocycles. The number of alkyl halides is 3. The third kappa shape index (κ3) is 4.61. The van der Waals surface area contributed by atoms with Crippen LogP contribution in [0.25, 0.3) is 11.0 Å². The summed E-state index contributed by atoms with van der Waals surface area (Å²) < 4.78 is 39.9. The Bertz CT molecular complexity index is 952. The SMILES string of the molecule is CON(C)C(=O)CCc1cc(Nc2nc3ccccc3[nH]2)cc(C(F)(F)F)c1. The monoisotopic (exact) mass is 392 g/mol. The van der Waals surface area contributed by atoms with Gasteiger partial charge in [-0.15, -0.1) is 0 Å². The highest BCUT2D eigenvalue weighted by molar-refractivity contribution is 5.78. The maximum atomic E-state index is 13.3. The van der Waals surface area contributed by atoms with E-state index < -0.39 is 11.7 Å². The number of aromatic amines is 1. The van der Waals surface area contributed by atoms with Crippen LogP contribution in [0.1, 0.15) is 17.5 Å². The summed E-state index contributed by atoms with van der Waals surface area (Å²) in [6.45, 7) is 0. The molecule has 0 unspecified atom stereocenters. The van der Waals surface area contributed by atoms with Crippen molar-refractivity contribution in [1.29, 1.82) is 0 Å². The van der Waals surface area contributed by atoms with Crippen LogP contribution in [0.2, 0.25) is 0 Å². The van der Waals surface area contributed by atoms with Crippen LogP contribution in [0.3, 0.4) is 0 Å². The number of carbonyl (C=O) groups is 1. The van der Waals surface area contributed by atoms with E-state index in [-0.39, 0.29) is 24.4 Å². The zero-order valence-corrected chi connectivity index (χ0v) is 15.3. The second-order valence-corrected chi connectivity index (χ2v) is 6.22. The lowest BCUT2D eigenvalue weighted by atomic mass is 10.0. The molecule has 0 spiro atoms. The predicted molar refractivity (Wildman–Crippen MR) is 98.9 cm³/mol. The number of aryl methyl sites for hydroxylation is 1. The van der Waals surface area contributed by atoms with Crippen molar-refractivity contribution in [2.75, 3.05) is 19.5 Å². The number of anilines is 2. The Morgan fingerprint density at radius 2 is 2.00 bits per heavy atom. The van der Waals surface area contributed by atoms with Gasteiger partial charge in [0.15, 0.2) is 0 Å². The van der Waals surface area contributed by atoms with Gasteiger partial charge in [-0.05, 0) is 42.3 Å². The first-order chi connectivity index (χ1) is 13.3. The summed E-state index contributed by atoms with van der Waals surface area (Å²) in [7, 11) is 2.79. The lowest BCUT2D eigenvalue weighted by molar-refractivity contribution is -0.168. The third-order valence-electron chi connectivity index (χ3n) is 4.22. The lowest BCUT2D eigenvalue weighted by Crippen LogP contribution is -2.25. The van der Waals surface area contributed by atoms with Crippen molar-refractivity contribution in [3.05, 3.63) is 53.6 Å². The zero-order chi connectivity index (χ0) is 20.3. The average molecular weight is 392 g/mol. The van der Waals surface area contributed by atoms with Gasteiger partial charge in [-0.1, -0.05) is 12.1 Å². The Morgan fingerprint density at radius 1 is 1.25 bits per heavy atom. The van der Waals surface area contributed by atoms with Crippen molar-refractivity contribution in [1.82, 2.24) is 15.0 Å². The average Bonchev–Trinajstić information content (AvgIpc) is 3.06. The number of carbonyl (C=O) groups excluding carboxylic acids is 1. The molecule has 6 nitrogen and oxygen atoms in total. The van der Waals surface area contributed by atoms with Crippen LogP contribution >= 0.6 is 0 Å². The molecular weight excluding hydrogens is 373 g/mol. The summed E-state index contributed by atoms with van der Waals surface area (Å²) in [5.41, 5.74) is 1.29. The second kappa shape index (κ2) is 7.89. The summed E-state index contributed by atoms with van der Waals surface area (Å²) in [6.07, 6.45) is -4.34. The molecule has 0 bridgehead atoms. The number of rotatable bonds is 6. The molecule has 1 amide bonds. The largest absolute Gasteiger partial charge is 0.416 e. The molecule has 148 valence electrons. The number of nitrogens with zero attached hydrogens (tertiary/aromatic N) is 2. The molecule has 9 heteroatoms. The van der Waals surface area contributed by atoms with Crippen LogP contribution < -0.4 is 5.32 Å². The van der Waals surface area contributed by atoms with Crippen molar-refractivity contribution in [2.45, 2.75) is 19.0 Å². The van der Waals surface area contributed by atoms with Crippen molar-refractivity contribution in [2.24, 2.45) is 0 Å². The number of halogens is 3. The van der Waals surface area contributed by atoms with Gasteiger partial charge < -0.3 is 10.3 Å². The van der Waals surface area contributed by atoms with E-state index in [0.717, 1.165) is 22.7 Å². The highest BCUT2D eigenvalue weighted by Gasteiger charge is 2.31. The van der Waals surface area contributed by atoms with Crippen molar-refractivity contribution in [3.8, 4) is 0 Å². The van der Waals surface area contributed by atoms with Crippen LogP contribution in [0, 0.1) is 0 Å². The standard InChI is InChI=1S/C19H19F3N4O2/c1-26(28-2)17(27)8-7-12-9-13(19(20,21)22)11-14(10-12)23-18-24-15-5-3-4-6-16(15)25-18/h3-6,9-11H,7-8H2,1-2H3,(H2,23,24,25). The van der Waals surface area contributed by atoms with Gasteiger partial charge >= 0.3 is 6.18 Å². The number of nitrogens with one attached hydrogen (secondary N) is 2. The van der Waals surface area contributed by atoms with E-state index in [1.165, 1.54) is 14.2 Å². The number of aromatic nitrogens is 2. The third-order valence-corrected chi connectivity index (χ3v) is 4.22. The quantitative estimate of drug-likeness (QED) is 0.615. The molecular formula is C19H19F3N4O2. The maximum Gasteiger partial charge on any atom is 0.416 e. The summed E-state index contributed by atoms with van der Waals surface area (Å²) >= 11 is 0. The van der Waals surface area contributed by atoms with Gasteiger partial charge in [-0.3, -0.25) is 9.63 Å². The Kier molecular flexibility index (Phi) is 5.55. The number of hydrogen-bond acceptors (Lipinski definition) is 4. The molecule has 28 heavy (non-hydrogen) atoms. The molecule has 0 fully saturated rings. The number of amides is 1. The molecule has 3 rings (SSSR count). The van der Waals surface area contributed by atoms with Crippen molar-refractivity contribution in [3.63, 3.8) is 0 Å². The zero-order valence-electron chi connectivity index (χ0n) is 15.3.